The molecule has 452 valence electrons. The highest BCUT2D eigenvalue weighted by Gasteiger charge is 2.50. The van der Waals surface area contributed by atoms with Gasteiger partial charge < -0.3 is 39.0 Å². The summed E-state index contributed by atoms with van der Waals surface area (Å²) in [7, 11) is 0. The Morgan fingerprint density at radius 1 is 0.420 bits per heavy atom. The van der Waals surface area contributed by atoms with E-state index in [0.717, 1.165) is 109 Å². The van der Waals surface area contributed by atoms with Gasteiger partial charge in [0.1, 0.15) is 18.8 Å². The molecule has 0 aromatic heterocycles. The number of rotatable bonds is 49. The zero-order valence-corrected chi connectivity index (χ0v) is 49.7. The van der Waals surface area contributed by atoms with E-state index >= 15 is 0 Å². The Balaban J connectivity index is 2.80. The third-order valence-corrected chi connectivity index (χ3v) is 12.6. The van der Waals surface area contributed by atoms with Gasteiger partial charge in [-0.25, -0.2) is 4.79 Å². The Kier molecular flexibility index (Phi) is 49.7. The lowest BCUT2D eigenvalue weighted by Gasteiger charge is -2.40. The van der Waals surface area contributed by atoms with Gasteiger partial charge in [-0.05, 0) is 128 Å². The van der Waals surface area contributed by atoms with Crippen molar-refractivity contribution >= 4 is 23.9 Å². The molecule has 0 spiro atoms. The number of aliphatic carboxylic acids is 1. The maximum atomic E-state index is 13.1. The van der Waals surface area contributed by atoms with Gasteiger partial charge in [0.2, 0.25) is 0 Å². The minimum absolute atomic E-state index is 0.0211. The predicted molar refractivity (Wildman–Crippen MR) is 330 cm³/mol. The first-order valence-electron chi connectivity index (χ1n) is 30.5. The van der Waals surface area contributed by atoms with Crippen LogP contribution in [0.2, 0.25) is 0 Å². The number of carbonyl (C=O) groups excluding carboxylic acids is 3. The Morgan fingerprint density at radius 3 is 1.27 bits per heavy atom. The third-order valence-electron chi connectivity index (χ3n) is 12.6. The van der Waals surface area contributed by atoms with Crippen LogP contribution in [0.1, 0.15) is 201 Å². The second-order valence-corrected chi connectivity index (χ2v) is 19.9. The van der Waals surface area contributed by atoms with Gasteiger partial charge in [0.25, 0.3) is 0 Å². The Bertz CT molecular complexity index is 2010. The molecule has 12 nitrogen and oxygen atoms in total. The van der Waals surface area contributed by atoms with E-state index in [0.29, 0.717) is 32.1 Å². The highest BCUT2D eigenvalue weighted by molar-refractivity contribution is 5.74. The van der Waals surface area contributed by atoms with Gasteiger partial charge in [-0.15, -0.1) is 0 Å². The Morgan fingerprint density at radius 2 is 0.815 bits per heavy atom. The average molecular weight is 1130 g/mol. The summed E-state index contributed by atoms with van der Waals surface area (Å²) in [5.41, 5.74) is 0. The van der Waals surface area contributed by atoms with Gasteiger partial charge in [-0.2, -0.15) is 0 Å². The van der Waals surface area contributed by atoms with Crippen LogP contribution in [0.25, 0.3) is 0 Å². The molecule has 81 heavy (non-hydrogen) atoms. The minimum Gasteiger partial charge on any atom is -0.479 e. The van der Waals surface area contributed by atoms with Crippen molar-refractivity contribution in [2.75, 3.05) is 13.2 Å². The summed E-state index contributed by atoms with van der Waals surface area (Å²) < 4.78 is 28.3. The van der Waals surface area contributed by atoms with Crippen LogP contribution in [0.3, 0.4) is 0 Å². The van der Waals surface area contributed by atoms with Crippen molar-refractivity contribution < 1.29 is 58.2 Å². The Labute approximate surface area is 488 Å². The predicted octanol–water partition coefficient (Wildman–Crippen LogP) is 16.1. The number of unbranched alkanes of at least 4 members (excludes halogenated alkanes) is 9. The number of carboxylic acids is 1. The zero-order chi connectivity index (χ0) is 58.9. The number of carbonyl (C=O) groups is 4. The largest absolute Gasteiger partial charge is 0.479 e. The van der Waals surface area contributed by atoms with Crippen molar-refractivity contribution in [1.29, 1.82) is 0 Å². The van der Waals surface area contributed by atoms with E-state index in [1.54, 1.807) is 0 Å². The van der Waals surface area contributed by atoms with Crippen LogP contribution < -0.4 is 0 Å². The fourth-order valence-corrected chi connectivity index (χ4v) is 7.99. The van der Waals surface area contributed by atoms with Crippen molar-refractivity contribution in [3.8, 4) is 0 Å². The fourth-order valence-electron chi connectivity index (χ4n) is 7.99. The number of allylic oxidation sites excluding steroid dienone is 26. The van der Waals surface area contributed by atoms with Crippen LogP contribution in [-0.2, 0) is 42.9 Å². The zero-order valence-electron chi connectivity index (χ0n) is 49.7. The molecule has 6 unspecified atom stereocenters. The van der Waals surface area contributed by atoms with E-state index in [1.807, 2.05) is 24.3 Å². The van der Waals surface area contributed by atoms with Crippen LogP contribution >= 0.6 is 0 Å². The molecular formula is C69H104O12. The first-order chi connectivity index (χ1) is 39.6. The number of hydrogen-bond acceptors (Lipinski definition) is 11. The molecule has 0 radical (unpaired) electrons. The van der Waals surface area contributed by atoms with Crippen LogP contribution in [-0.4, -0.2) is 89.2 Å². The van der Waals surface area contributed by atoms with Crippen molar-refractivity contribution in [3.05, 3.63) is 158 Å². The monoisotopic (exact) mass is 1120 g/mol. The van der Waals surface area contributed by atoms with Gasteiger partial charge >= 0.3 is 23.9 Å². The smallest absolute Gasteiger partial charge is 0.335 e. The normalized spacial score (nSPS) is 18.9. The maximum Gasteiger partial charge on any atom is 0.335 e. The molecule has 0 bridgehead atoms. The van der Waals surface area contributed by atoms with Crippen LogP contribution in [0.4, 0.5) is 0 Å². The van der Waals surface area contributed by atoms with E-state index in [-0.39, 0.29) is 25.9 Å². The molecule has 0 aliphatic carbocycles. The van der Waals surface area contributed by atoms with E-state index in [2.05, 4.69) is 154 Å². The standard InChI is InChI=1S/C69H104O12/c1-4-7-10-13-16-19-22-25-28-30-31-33-35-37-40-43-46-49-52-55-61(70)77-58-60(79-62(71)56-53-50-47-44-41-39-36-32-29-26-23-20-17-14-11-8-5-2)59-78-69-67(65(74)64(73)66(81-69)68(75)76)80-63(72)57-54-51-48-45-42-38-34-27-24-21-18-15-12-9-6-3/h7-8,10-11,16-21,25-29,31,33-34,36-37,39-40,44,46-47,49,60,64-67,69,73-74H,4-6,9,12-15,22-24,30,32,35,38,41-43,45,48,50-59H2,1-3H3,(H,75,76)/b10-7-,11-8-,19-16-,20-17-,21-18-,28-25-,29-26-,33-31-,34-27-,39-36-,40-37-,47-44-,49-46-. The summed E-state index contributed by atoms with van der Waals surface area (Å²) in [6.07, 6.45) is 67.9. The molecule has 0 saturated carbocycles. The quantitative estimate of drug-likeness (QED) is 0.0228. The van der Waals surface area contributed by atoms with Gasteiger partial charge in [0.15, 0.2) is 24.6 Å². The van der Waals surface area contributed by atoms with Crippen LogP contribution in [0, 0.1) is 0 Å². The molecule has 1 fully saturated rings. The molecule has 0 aromatic rings. The second kappa shape index (κ2) is 54.9. The molecule has 1 aliphatic rings. The summed E-state index contributed by atoms with van der Waals surface area (Å²) in [4.78, 5) is 51.2. The molecular weight excluding hydrogens is 1020 g/mol. The van der Waals surface area contributed by atoms with Crippen LogP contribution in [0.5, 0.6) is 0 Å². The minimum atomic E-state index is -1.94. The lowest BCUT2D eigenvalue weighted by Crippen LogP contribution is -2.61. The molecule has 1 aliphatic heterocycles. The highest BCUT2D eigenvalue weighted by Crippen LogP contribution is 2.26. The summed E-state index contributed by atoms with van der Waals surface area (Å²) in [6.45, 7) is 5.60. The number of aliphatic hydroxyl groups excluding tert-OH is 2. The molecule has 1 heterocycles. The van der Waals surface area contributed by atoms with Gasteiger partial charge in [0, 0.05) is 19.3 Å². The van der Waals surface area contributed by atoms with E-state index in [1.165, 1.54) is 19.3 Å². The molecule has 0 aromatic carbocycles. The highest BCUT2D eigenvalue weighted by atomic mass is 16.7. The number of aliphatic hydroxyl groups is 2. The number of ether oxygens (including phenoxy) is 5. The lowest BCUT2D eigenvalue weighted by atomic mass is 9.98. The van der Waals surface area contributed by atoms with Gasteiger partial charge in [-0.3, -0.25) is 14.4 Å². The Hall–Kier alpha value is -5.66. The van der Waals surface area contributed by atoms with Crippen molar-refractivity contribution in [2.24, 2.45) is 0 Å². The lowest BCUT2D eigenvalue weighted by molar-refractivity contribution is -0.301. The van der Waals surface area contributed by atoms with Gasteiger partial charge in [0.05, 0.1) is 6.61 Å². The maximum absolute atomic E-state index is 13.1. The second-order valence-electron chi connectivity index (χ2n) is 19.9. The SMILES string of the molecule is CC/C=C\C/C=C\C/C=C\C/C=C\C/C=C\C/C=C\CCC(=O)OCC(COC1OC(C(=O)O)C(O)C(O)C1OC(=O)CCCCCCC/C=C\C/C=C\CCCCC)OC(=O)CCC/C=C\C/C=C\C/C=C\C/C=C\C/C=C\CC. The summed E-state index contributed by atoms with van der Waals surface area (Å²) >= 11 is 0. The third kappa shape index (κ3) is 44.7. The summed E-state index contributed by atoms with van der Waals surface area (Å²) in [5, 5.41) is 31.5. The first kappa shape index (κ1) is 73.4. The molecule has 3 N–H and O–H groups in total. The van der Waals surface area contributed by atoms with E-state index < -0.39 is 67.3 Å². The molecule has 1 rings (SSSR count). The number of esters is 3. The number of carboxylic acid groups (broad SMARTS) is 1. The van der Waals surface area contributed by atoms with Crippen LogP contribution in [0.15, 0.2) is 158 Å². The average Bonchev–Trinajstić information content (AvgIpc) is 3.53. The molecule has 1 saturated heterocycles. The molecule has 6 atom stereocenters. The first-order valence-corrected chi connectivity index (χ1v) is 30.5. The van der Waals surface area contributed by atoms with Gasteiger partial charge in [-0.1, -0.05) is 211 Å². The topological polar surface area (TPSA) is 175 Å². The summed E-state index contributed by atoms with van der Waals surface area (Å²) in [5.74, 6) is -3.36. The molecule has 0 amide bonds. The number of hydrogen-bond donors (Lipinski definition) is 3. The molecule has 12 heteroatoms. The van der Waals surface area contributed by atoms with E-state index in [4.69, 9.17) is 23.7 Å². The summed E-state index contributed by atoms with van der Waals surface area (Å²) in [6, 6.07) is 0. The van der Waals surface area contributed by atoms with E-state index in [9.17, 15) is 34.5 Å². The van der Waals surface area contributed by atoms with Crippen molar-refractivity contribution in [3.63, 3.8) is 0 Å². The fraction of sp³-hybridized carbons (Fsp3) is 0.565. The van der Waals surface area contributed by atoms with Crippen molar-refractivity contribution in [2.45, 2.75) is 237 Å². The van der Waals surface area contributed by atoms with Crippen molar-refractivity contribution in [1.82, 2.24) is 0 Å².